The molecule has 2 aliphatic rings. The van der Waals surface area contributed by atoms with Gasteiger partial charge in [0.05, 0.1) is 23.9 Å². The molecule has 92 valence electrons. The fourth-order valence-corrected chi connectivity index (χ4v) is 1.81. The van der Waals surface area contributed by atoms with Crippen molar-refractivity contribution in [2.45, 2.75) is 31.5 Å². The van der Waals surface area contributed by atoms with E-state index in [4.69, 9.17) is 21.1 Å². The molecule has 3 rings (SSSR count). The molecule has 0 spiro atoms. The molecule has 0 amide bonds. The number of nitrogens with one attached hydrogen (secondary N) is 1. The Labute approximate surface area is 105 Å². The number of hydrogen-bond donors (Lipinski definition) is 1. The van der Waals surface area contributed by atoms with Gasteiger partial charge in [0, 0.05) is 18.7 Å². The minimum absolute atomic E-state index is 0.146. The predicted octanol–water partition coefficient (Wildman–Crippen LogP) is 1.76. The predicted molar refractivity (Wildman–Crippen MR) is 64.3 cm³/mol. The van der Waals surface area contributed by atoms with E-state index in [2.05, 4.69) is 10.3 Å². The summed E-state index contributed by atoms with van der Waals surface area (Å²) in [5.74, 6) is 0.635. The van der Waals surface area contributed by atoms with Crippen molar-refractivity contribution in [3.63, 3.8) is 0 Å². The number of hydrogen-bond acceptors (Lipinski definition) is 4. The maximum absolute atomic E-state index is 6.10. The van der Waals surface area contributed by atoms with Crippen molar-refractivity contribution in [2.24, 2.45) is 0 Å². The molecule has 1 saturated heterocycles. The van der Waals surface area contributed by atoms with Gasteiger partial charge in [0.1, 0.15) is 6.10 Å². The molecule has 1 aliphatic carbocycles. The summed E-state index contributed by atoms with van der Waals surface area (Å²) in [5, 5.41) is 4.09. The van der Waals surface area contributed by atoms with Gasteiger partial charge in [-0.1, -0.05) is 11.6 Å². The molecule has 1 aromatic rings. The van der Waals surface area contributed by atoms with Crippen LogP contribution in [-0.2, 0) is 11.3 Å². The summed E-state index contributed by atoms with van der Waals surface area (Å²) in [7, 11) is 0. The van der Waals surface area contributed by atoms with Crippen molar-refractivity contribution in [2.75, 3.05) is 13.2 Å². The Morgan fingerprint density at radius 3 is 2.88 bits per heavy atom. The van der Waals surface area contributed by atoms with Crippen molar-refractivity contribution < 1.29 is 9.47 Å². The molecule has 1 aromatic heterocycles. The number of nitrogens with zero attached hydrogens (tertiary/aromatic N) is 1. The van der Waals surface area contributed by atoms with Crippen LogP contribution in [0.15, 0.2) is 12.1 Å². The summed E-state index contributed by atoms with van der Waals surface area (Å²) in [6, 6.07) is 4.30. The second-order valence-electron chi connectivity index (χ2n) is 4.51. The molecule has 1 aliphatic heterocycles. The third-order valence-corrected chi connectivity index (χ3v) is 3.27. The Bertz CT molecular complexity index is 405. The second-order valence-corrected chi connectivity index (χ2v) is 4.92. The largest absolute Gasteiger partial charge is 0.469 e. The minimum atomic E-state index is 0.146. The van der Waals surface area contributed by atoms with E-state index >= 15 is 0 Å². The fourth-order valence-electron chi connectivity index (χ4n) is 1.64. The van der Waals surface area contributed by atoms with Crippen LogP contribution in [-0.4, -0.2) is 30.3 Å². The van der Waals surface area contributed by atoms with Crippen LogP contribution in [0.4, 0.5) is 0 Å². The first-order valence-corrected chi connectivity index (χ1v) is 6.32. The van der Waals surface area contributed by atoms with Gasteiger partial charge in [-0.05, 0) is 18.9 Å². The van der Waals surface area contributed by atoms with Gasteiger partial charge in [-0.15, -0.1) is 0 Å². The molecule has 1 N–H and O–H groups in total. The summed E-state index contributed by atoms with van der Waals surface area (Å²) in [4.78, 5) is 4.42. The van der Waals surface area contributed by atoms with Crippen LogP contribution in [0.5, 0.6) is 5.88 Å². The first kappa shape index (κ1) is 11.3. The molecule has 2 fully saturated rings. The average molecular weight is 255 g/mol. The van der Waals surface area contributed by atoms with Crippen molar-refractivity contribution >= 4 is 11.6 Å². The quantitative estimate of drug-likeness (QED) is 0.870. The highest BCUT2D eigenvalue weighted by atomic mass is 35.5. The number of ether oxygens (including phenoxy) is 2. The van der Waals surface area contributed by atoms with Gasteiger partial charge < -0.3 is 14.8 Å². The van der Waals surface area contributed by atoms with E-state index in [-0.39, 0.29) is 6.10 Å². The summed E-state index contributed by atoms with van der Waals surface area (Å²) >= 11 is 6.10. The zero-order chi connectivity index (χ0) is 11.7. The standard InChI is InChI=1S/C12H15ClN2O2/c13-10-3-4-12(17-9-6-16-7-9)15-11(10)5-14-8-1-2-8/h3-4,8-9,14H,1-2,5-7H2. The Morgan fingerprint density at radius 1 is 1.41 bits per heavy atom. The molecular weight excluding hydrogens is 240 g/mol. The zero-order valence-electron chi connectivity index (χ0n) is 9.49. The lowest BCUT2D eigenvalue weighted by Crippen LogP contribution is -2.38. The van der Waals surface area contributed by atoms with Crippen molar-refractivity contribution in [1.29, 1.82) is 0 Å². The van der Waals surface area contributed by atoms with Crippen molar-refractivity contribution in [3.05, 3.63) is 22.8 Å². The molecular formula is C12H15ClN2O2. The lowest BCUT2D eigenvalue weighted by atomic mass is 10.3. The van der Waals surface area contributed by atoms with Gasteiger partial charge in [-0.3, -0.25) is 0 Å². The van der Waals surface area contributed by atoms with Crippen molar-refractivity contribution in [1.82, 2.24) is 10.3 Å². The molecule has 2 heterocycles. The van der Waals surface area contributed by atoms with Gasteiger partial charge in [0.25, 0.3) is 0 Å². The first-order chi connectivity index (χ1) is 8.31. The van der Waals surface area contributed by atoms with Gasteiger partial charge in [0.2, 0.25) is 5.88 Å². The smallest absolute Gasteiger partial charge is 0.214 e. The maximum Gasteiger partial charge on any atom is 0.214 e. The lowest BCUT2D eigenvalue weighted by Gasteiger charge is -2.26. The summed E-state index contributed by atoms with van der Waals surface area (Å²) in [6.07, 6.45) is 2.66. The van der Waals surface area contributed by atoms with E-state index in [0.717, 1.165) is 5.69 Å². The molecule has 4 nitrogen and oxygen atoms in total. The van der Waals surface area contributed by atoms with E-state index in [1.54, 1.807) is 6.07 Å². The molecule has 5 heteroatoms. The van der Waals surface area contributed by atoms with Crippen LogP contribution < -0.4 is 10.1 Å². The van der Waals surface area contributed by atoms with Gasteiger partial charge in [0.15, 0.2) is 0 Å². The average Bonchev–Trinajstić information content (AvgIpc) is 3.07. The van der Waals surface area contributed by atoms with Crippen LogP contribution in [0.3, 0.4) is 0 Å². The van der Waals surface area contributed by atoms with E-state index in [1.165, 1.54) is 12.8 Å². The molecule has 0 aromatic carbocycles. The molecule has 0 unspecified atom stereocenters. The fraction of sp³-hybridized carbons (Fsp3) is 0.583. The van der Waals surface area contributed by atoms with Gasteiger partial charge in [-0.2, -0.15) is 0 Å². The summed E-state index contributed by atoms with van der Waals surface area (Å²) < 4.78 is 10.7. The van der Waals surface area contributed by atoms with Gasteiger partial charge >= 0.3 is 0 Å². The number of rotatable bonds is 5. The van der Waals surface area contributed by atoms with Gasteiger partial charge in [-0.25, -0.2) is 4.98 Å². The molecule has 0 radical (unpaired) electrons. The first-order valence-electron chi connectivity index (χ1n) is 5.94. The summed E-state index contributed by atoms with van der Waals surface area (Å²) in [6.45, 7) is 2.02. The highest BCUT2D eigenvalue weighted by Crippen LogP contribution is 2.23. The van der Waals surface area contributed by atoms with Crippen LogP contribution in [0, 0.1) is 0 Å². The normalized spacial score (nSPS) is 20.1. The lowest BCUT2D eigenvalue weighted by molar-refractivity contribution is -0.0813. The topological polar surface area (TPSA) is 43.4 Å². The van der Waals surface area contributed by atoms with E-state index in [0.29, 0.717) is 36.7 Å². The zero-order valence-corrected chi connectivity index (χ0v) is 10.2. The van der Waals surface area contributed by atoms with Crippen molar-refractivity contribution in [3.8, 4) is 5.88 Å². The van der Waals surface area contributed by atoms with E-state index in [9.17, 15) is 0 Å². The van der Waals surface area contributed by atoms with Crippen LogP contribution >= 0.6 is 11.6 Å². The highest BCUT2D eigenvalue weighted by molar-refractivity contribution is 6.31. The van der Waals surface area contributed by atoms with E-state index in [1.807, 2.05) is 6.07 Å². The second kappa shape index (κ2) is 4.80. The SMILES string of the molecule is Clc1ccc(OC2COC2)nc1CNC1CC1. The Hall–Kier alpha value is -0.840. The van der Waals surface area contributed by atoms with Crippen LogP contribution in [0.2, 0.25) is 5.02 Å². The number of pyridine rings is 1. The molecule has 0 atom stereocenters. The summed E-state index contributed by atoms with van der Waals surface area (Å²) in [5.41, 5.74) is 0.858. The molecule has 1 saturated carbocycles. The highest BCUT2D eigenvalue weighted by Gasteiger charge is 2.22. The monoisotopic (exact) mass is 254 g/mol. The third kappa shape index (κ3) is 2.89. The minimum Gasteiger partial charge on any atom is -0.469 e. The van der Waals surface area contributed by atoms with Crippen LogP contribution in [0.1, 0.15) is 18.5 Å². The third-order valence-electron chi connectivity index (χ3n) is 2.92. The van der Waals surface area contributed by atoms with E-state index < -0.39 is 0 Å². The van der Waals surface area contributed by atoms with Crippen LogP contribution in [0.25, 0.3) is 0 Å². The Balaban J connectivity index is 1.64. The Morgan fingerprint density at radius 2 is 2.24 bits per heavy atom. The molecule has 0 bridgehead atoms. The maximum atomic E-state index is 6.10. The number of halogens is 1. The number of aromatic nitrogens is 1. The Kier molecular flexibility index (Phi) is 3.18. The molecule has 17 heavy (non-hydrogen) atoms.